The number of nitrogens with two attached hydrogens (primary N) is 4. The molecule has 57 heavy (non-hydrogen) atoms. The summed E-state index contributed by atoms with van der Waals surface area (Å²) in [6, 6.07) is 10.9. The van der Waals surface area contributed by atoms with Crippen molar-refractivity contribution in [3.63, 3.8) is 0 Å². The molecule has 1 aliphatic heterocycles. The predicted octanol–water partition coefficient (Wildman–Crippen LogP) is 1.89. The second-order valence-electron chi connectivity index (χ2n) is 16.0. The molecule has 1 aliphatic carbocycles. The maximum atomic E-state index is 14.5. The molecular formula is C42H64N10O5. The molecule has 1 heterocycles. The first-order valence-electron chi connectivity index (χ1n) is 20.4. The number of rotatable bonds is 20. The van der Waals surface area contributed by atoms with Crippen LogP contribution >= 0.6 is 0 Å². The Morgan fingerprint density at radius 1 is 0.807 bits per heavy atom. The number of carbonyl (C=O) groups excluding carboxylic acids is 5. The van der Waals surface area contributed by atoms with Crippen LogP contribution in [0.5, 0.6) is 0 Å². The molecular weight excluding hydrogens is 725 g/mol. The Morgan fingerprint density at radius 2 is 1.47 bits per heavy atom. The van der Waals surface area contributed by atoms with Gasteiger partial charge in [-0.15, -0.1) is 0 Å². The molecule has 4 rings (SSSR count). The summed E-state index contributed by atoms with van der Waals surface area (Å²) in [6.45, 7) is 6.90. The molecule has 5 amide bonds. The molecule has 1 saturated carbocycles. The van der Waals surface area contributed by atoms with Gasteiger partial charge in [0.25, 0.3) is 0 Å². The molecule has 12 N–H and O–H groups in total. The summed E-state index contributed by atoms with van der Waals surface area (Å²) in [5, 5.41) is 12.4. The fourth-order valence-electron chi connectivity index (χ4n) is 7.83. The van der Waals surface area contributed by atoms with E-state index in [1.165, 1.54) is 4.90 Å². The summed E-state index contributed by atoms with van der Waals surface area (Å²) >= 11 is 0. The molecule has 2 aromatic rings. The highest BCUT2D eigenvalue weighted by Crippen LogP contribution is 2.27. The van der Waals surface area contributed by atoms with Gasteiger partial charge in [-0.2, -0.15) is 0 Å². The molecule has 2 aliphatic rings. The van der Waals surface area contributed by atoms with Crippen molar-refractivity contribution in [3.05, 3.63) is 65.2 Å². The molecule has 0 radical (unpaired) electrons. The van der Waals surface area contributed by atoms with Crippen LogP contribution in [0.3, 0.4) is 0 Å². The Morgan fingerprint density at radius 3 is 2.12 bits per heavy atom. The third-order valence-corrected chi connectivity index (χ3v) is 11.0. The molecule has 15 nitrogen and oxygen atoms in total. The zero-order valence-electron chi connectivity index (χ0n) is 33.8. The number of benzene rings is 2. The Balaban J connectivity index is 1.58. The van der Waals surface area contributed by atoms with E-state index in [0.717, 1.165) is 48.8 Å². The summed E-state index contributed by atoms with van der Waals surface area (Å²) in [5.74, 6) is -2.58. The zero-order chi connectivity index (χ0) is 41.5. The van der Waals surface area contributed by atoms with Gasteiger partial charge in [0, 0.05) is 25.3 Å². The van der Waals surface area contributed by atoms with Gasteiger partial charge in [-0.05, 0) is 98.9 Å². The van der Waals surface area contributed by atoms with Gasteiger partial charge in [0.1, 0.15) is 24.2 Å². The number of anilines is 1. The van der Waals surface area contributed by atoms with E-state index in [9.17, 15) is 24.0 Å². The lowest BCUT2D eigenvalue weighted by Gasteiger charge is -2.33. The van der Waals surface area contributed by atoms with E-state index in [-0.39, 0.29) is 42.6 Å². The van der Waals surface area contributed by atoms with Crippen LogP contribution in [0.2, 0.25) is 0 Å². The number of hydrogen-bond donors (Lipinski definition) is 8. The van der Waals surface area contributed by atoms with E-state index in [4.69, 9.17) is 22.9 Å². The van der Waals surface area contributed by atoms with E-state index in [0.29, 0.717) is 50.9 Å². The lowest BCUT2D eigenvalue weighted by molar-refractivity contribution is -0.141. The lowest BCUT2D eigenvalue weighted by atomic mass is 9.83. The Kier molecular flexibility index (Phi) is 17.1. The maximum Gasteiger partial charge on any atom is 0.245 e. The number of aryl methyl sites for hydroxylation is 1. The number of nitrogens with one attached hydrogen (secondary N) is 4. The molecule has 15 heteroatoms. The standard InChI is InChI=1S/C42H64N10O5/c1-26(2)23-34(41(57)52-22-10-16-35(52)37(44)53)50-38(54)32(15-9-21-47-42(45)46)49-40(56)36(29-12-5-4-6-13-29)51-39(55)33(24-28-17-19-31(43)20-18-28)48-25-30-14-8-7-11-27(30)3/h7-8,11,14,17-20,26,29,32-36,48H,4-6,9-10,12-13,15-16,21-25,43H2,1-3H3,(H2,44,53)(H,49,56)(H,50,54)(H,51,55)(H4,45,46,47)/t32-,33-,34-,35-,36-/m0/s1. The SMILES string of the molecule is Cc1ccccc1CN[C@@H](Cc1ccc(N)cc1)C(=O)N[C@H](C(=O)N[C@@H](CCCN=C(N)N)C(=O)N[C@@H](CC(C)C)C(=O)N1CCC[C@H]1C(N)=O)C1CCCCC1. The third kappa shape index (κ3) is 13.8. The first-order chi connectivity index (χ1) is 27.2. The van der Waals surface area contributed by atoms with E-state index in [2.05, 4.69) is 26.3 Å². The molecule has 0 aromatic heterocycles. The van der Waals surface area contributed by atoms with E-state index in [1.807, 2.05) is 57.2 Å². The van der Waals surface area contributed by atoms with Gasteiger partial charge < -0.3 is 49.1 Å². The van der Waals surface area contributed by atoms with Crippen molar-refractivity contribution in [3.8, 4) is 0 Å². The summed E-state index contributed by atoms with van der Waals surface area (Å²) < 4.78 is 0. The molecule has 5 atom stereocenters. The van der Waals surface area contributed by atoms with Gasteiger partial charge in [0.05, 0.1) is 6.04 Å². The maximum absolute atomic E-state index is 14.5. The number of nitrogens with zero attached hydrogens (tertiary/aromatic N) is 2. The Hall–Kier alpha value is -5.18. The van der Waals surface area contributed by atoms with Crippen LogP contribution in [-0.2, 0) is 36.9 Å². The van der Waals surface area contributed by atoms with Crippen molar-refractivity contribution in [2.45, 2.75) is 128 Å². The van der Waals surface area contributed by atoms with Gasteiger partial charge in [0.15, 0.2) is 5.96 Å². The largest absolute Gasteiger partial charge is 0.399 e. The lowest BCUT2D eigenvalue weighted by Crippen LogP contribution is -2.60. The number of likely N-dealkylation sites (tertiary alicyclic amines) is 1. The van der Waals surface area contributed by atoms with Gasteiger partial charge in [-0.3, -0.25) is 29.0 Å². The van der Waals surface area contributed by atoms with Crippen LogP contribution < -0.4 is 44.2 Å². The van der Waals surface area contributed by atoms with Gasteiger partial charge in [-0.25, -0.2) is 0 Å². The monoisotopic (exact) mass is 789 g/mol. The highest BCUT2D eigenvalue weighted by atomic mass is 16.2. The van der Waals surface area contributed by atoms with E-state index in [1.54, 1.807) is 12.1 Å². The number of hydrogen-bond acceptors (Lipinski definition) is 8. The predicted molar refractivity (Wildman–Crippen MR) is 222 cm³/mol. The van der Waals surface area contributed by atoms with Crippen molar-refractivity contribution in [1.82, 2.24) is 26.2 Å². The smallest absolute Gasteiger partial charge is 0.245 e. The molecule has 1 saturated heterocycles. The number of primary amides is 1. The van der Waals surface area contributed by atoms with E-state index < -0.39 is 47.9 Å². The van der Waals surface area contributed by atoms with Gasteiger partial charge >= 0.3 is 0 Å². The molecule has 312 valence electrons. The van der Waals surface area contributed by atoms with Gasteiger partial charge in [0.2, 0.25) is 29.5 Å². The molecule has 2 fully saturated rings. The fourth-order valence-corrected chi connectivity index (χ4v) is 7.83. The molecule has 0 spiro atoms. The Bertz CT molecular complexity index is 1690. The minimum Gasteiger partial charge on any atom is -0.399 e. The minimum absolute atomic E-state index is 0.0234. The number of aliphatic imine (C=N–C) groups is 1. The summed E-state index contributed by atoms with van der Waals surface area (Å²) in [7, 11) is 0. The second-order valence-corrected chi connectivity index (χ2v) is 16.0. The second kappa shape index (κ2) is 21.9. The molecule has 2 aromatic carbocycles. The first-order valence-corrected chi connectivity index (χ1v) is 20.4. The zero-order valence-corrected chi connectivity index (χ0v) is 33.8. The van der Waals surface area contributed by atoms with Crippen LogP contribution in [0, 0.1) is 18.8 Å². The number of nitrogen functional groups attached to an aromatic ring is 1. The highest BCUT2D eigenvalue weighted by molar-refractivity contribution is 5.96. The highest BCUT2D eigenvalue weighted by Gasteiger charge is 2.39. The minimum atomic E-state index is -1.08. The quantitative estimate of drug-likeness (QED) is 0.0422. The summed E-state index contributed by atoms with van der Waals surface area (Å²) in [6.07, 6.45) is 6.59. The van der Waals surface area contributed by atoms with Crippen molar-refractivity contribution in [2.24, 2.45) is 34.0 Å². The van der Waals surface area contributed by atoms with Crippen LogP contribution in [0.1, 0.15) is 94.7 Å². The normalized spacial score (nSPS) is 17.9. The van der Waals surface area contributed by atoms with Crippen molar-refractivity contribution < 1.29 is 24.0 Å². The average Bonchev–Trinajstić information content (AvgIpc) is 3.68. The van der Waals surface area contributed by atoms with E-state index >= 15 is 0 Å². The number of guanidine groups is 1. The Labute approximate surface area is 336 Å². The molecule has 0 unspecified atom stereocenters. The van der Waals surface area contributed by atoms with Crippen LogP contribution in [0.4, 0.5) is 5.69 Å². The fraction of sp³-hybridized carbons (Fsp3) is 0.571. The molecule has 0 bridgehead atoms. The third-order valence-electron chi connectivity index (χ3n) is 11.0. The average molecular weight is 789 g/mol. The number of amides is 5. The van der Waals surface area contributed by atoms with Crippen LogP contribution in [0.15, 0.2) is 53.5 Å². The van der Waals surface area contributed by atoms with Crippen molar-refractivity contribution >= 4 is 41.2 Å². The first kappa shape index (κ1) is 44.5. The van der Waals surface area contributed by atoms with Gasteiger partial charge in [-0.1, -0.05) is 69.5 Å². The van der Waals surface area contributed by atoms with Crippen LogP contribution in [0.25, 0.3) is 0 Å². The topological polar surface area (TPSA) is 253 Å². The van der Waals surface area contributed by atoms with Crippen molar-refractivity contribution in [2.75, 3.05) is 18.8 Å². The number of carbonyl (C=O) groups is 5. The van der Waals surface area contributed by atoms with Crippen molar-refractivity contribution in [1.29, 1.82) is 0 Å². The summed E-state index contributed by atoms with van der Waals surface area (Å²) in [5.41, 5.74) is 26.3. The summed E-state index contributed by atoms with van der Waals surface area (Å²) in [4.78, 5) is 74.4. The van der Waals surface area contributed by atoms with Crippen LogP contribution in [-0.4, -0.2) is 83.7 Å².